The van der Waals surface area contributed by atoms with Crippen LogP contribution in [0.15, 0.2) is 24.3 Å². The first-order chi connectivity index (χ1) is 13.6. The summed E-state index contributed by atoms with van der Waals surface area (Å²) < 4.78 is 42.3. The SMILES string of the molecule is CCOP(=O)(CC(C)(F)CCOC(=O)CN1C(=O)c2ccccc2C1=O)OCC. The van der Waals surface area contributed by atoms with Gasteiger partial charge in [0.1, 0.15) is 12.2 Å². The molecular formula is C19H25FNO7P. The van der Waals surface area contributed by atoms with E-state index in [1.165, 1.54) is 19.1 Å². The molecule has 2 amide bonds. The topological polar surface area (TPSA) is 99.2 Å². The van der Waals surface area contributed by atoms with Gasteiger partial charge >= 0.3 is 13.6 Å². The summed E-state index contributed by atoms with van der Waals surface area (Å²) in [6.45, 7) is 3.82. The molecule has 0 fully saturated rings. The second kappa shape index (κ2) is 9.61. The van der Waals surface area contributed by atoms with Gasteiger partial charge < -0.3 is 13.8 Å². The predicted molar refractivity (Wildman–Crippen MR) is 103 cm³/mol. The fourth-order valence-electron chi connectivity index (χ4n) is 2.94. The number of alkyl halides is 1. The molecule has 10 heteroatoms. The normalized spacial score (nSPS) is 15.9. The first kappa shape index (κ1) is 23.2. The van der Waals surface area contributed by atoms with Crippen molar-refractivity contribution >= 4 is 25.4 Å². The monoisotopic (exact) mass is 429 g/mol. The average molecular weight is 429 g/mol. The number of rotatable bonds is 11. The van der Waals surface area contributed by atoms with E-state index in [1.54, 1.807) is 26.0 Å². The number of carbonyl (C=O) groups excluding carboxylic acids is 3. The lowest BCUT2D eigenvalue weighted by atomic mass is 10.1. The predicted octanol–water partition coefficient (Wildman–Crippen LogP) is 3.21. The Morgan fingerprint density at radius 1 is 1.10 bits per heavy atom. The lowest BCUT2D eigenvalue weighted by Gasteiger charge is -2.25. The smallest absolute Gasteiger partial charge is 0.333 e. The second-order valence-corrected chi connectivity index (χ2v) is 8.78. The lowest BCUT2D eigenvalue weighted by Crippen LogP contribution is -2.36. The Balaban J connectivity index is 1.86. The van der Waals surface area contributed by atoms with Crippen molar-refractivity contribution in [3.05, 3.63) is 35.4 Å². The quantitative estimate of drug-likeness (QED) is 0.303. The lowest BCUT2D eigenvalue weighted by molar-refractivity contribution is -0.144. The van der Waals surface area contributed by atoms with Crippen LogP contribution in [0.2, 0.25) is 0 Å². The number of fused-ring (bicyclic) bond motifs is 1. The molecule has 1 aliphatic heterocycles. The van der Waals surface area contributed by atoms with Crippen LogP contribution >= 0.6 is 7.60 Å². The maximum Gasteiger partial charge on any atom is 0.333 e. The molecule has 0 aromatic heterocycles. The van der Waals surface area contributed by atoms with E-state index in [-0.39, 0.29) is 37.4 Å². The molecule has 0 bridgehead atoms. The average Bonchev–Trinajstić information content (AvgIpc) is 2.86. The Hall–Kier alpha value is -2.09. The molecule has 0 aliphatic carbocycles. The molecule has 29 heavy (non-hydrogen) atoms. The van der Waals surface area contributed by atoms with Gasteiger partial charge in [0.25, 0.3) is 11.8 Å². The summed E-state index contributed by atoms with van der Waals surface area (Å²) in [7, 11) is -3.59. The van der Waals surface area contributed by atoms with Crippen molar-refractivity contribution in [2.45, 2.75) is 32.9 Å². The van der Waals surface area contributed by atoms with Gasteiger partial charge in [-0.3, -0.25) is 23.8 Å². The Morgan fingerprint density at radius 3 is 2.10 bits per heavy atom. The third kappa shape index (κ3) is 5.95. The minimum absolute atomic E-state index is 0.114. The number of ether oxygens (including phenoxy) is 1. The van der Waals surface area contributed by atoms with Crippen LogP contribution in [0.25, 0.3) is 0 Å². The Labute approximate surface area is 168 Å². The second-order valence-electron chi connectivity index (χ2n) is 6.73. The Bertz CT molecular complexity index is 782. The molecule has 0 spiro atoms. The highest BCUT2D eigenvalue weighted by Crippen LogP contribution is 2.51. The number of nitrogens with zero attached hydrogens (tertiary/aromatic N) is 1. The zero-order valence-electron chi connectivity index (χ0n) is 16.7. The van der Waals surface area contributed by atoms with Gasteiger partial charge in [-0.25, -0.2) is 4.39 Å². The van der Waals surface area contributed by atoms with Crippen LogP contribution in [0.1, 0.15) is 47.9 Å². The third-order valence-corrected chi connectivity index (χ3v) is 6.58. The fraction of sp³-hybridized carbons (Fsp3) is 0.526. The molecule has 1 aliphatic rings. The van der Waals surface area contributed by atoms with E-state index in [1.807, 2.05) is 0 Å². The summed E-state index contributed by atoms with van der Waals surface area (Å²) in [4.78, 5) is 37.3. The highest BCUT2D eigenvalue weighted by atomic mass is 31.2. The minimum atomic E-state index is -3.59. The van der Waals surface area contributed by atoms with Crippen molar-refractivity contribution in [1.82, 2.24) is 4.90 Å². The molecule has 0 N–H and O–H groups in total. The van der Waals surface area contributed by atoms with Crippen molar-refractivity contribution < 1.29 is 37.1 Å². The number of esters is 1. The van der Waals surface area contributed by atoms with E-state index in [4.69, 9.17) is 13.8 Å². The van der Waals surface area contributed by atoms with Crippen molar-refractivity contribution in [3.8, 4) is 0 Å². The van der Waals surface area contributed by atoms with Crippen molar-refractivity contribution in [3.63, 3.8) is 0 Å². The van der Waals surface area contributed by atoms with Gasteiger partial charge in [-0.2, -0.15) is 0 Å². The molecule has 0 saturated heterocycles. The van der Waals surface area contributed by atoms with Crippen LogP contribution in [0.5, 0.6) is 0 Å². The molecule has 1 aromatic carbocycles. The summed E-state index contributed by atoms with van der Waals surface area (Å²) in [5.74, 6) is -1.99. The standard InChI is InChI=1S/C19H25FNO7P/c1-4-27-29(25,28-5-2)13-19(3,20)10-11-26-16(22)12-21-17(23)14-8-6-7-9-15(14)18(21)24/h6-9H,4-5,10-13H2,1-3H3. The largest absolute Gasteiger partial charge is 0.464 e. The maximum atomic E-state index is 14.7. The number of imide groups is 1. The van der Waals surface area contributed by atoms with E-state index in [2.05, 4.69) is 0 Å². The summed E-state index contributed by atoms with van der Waals surface area (Å²) in [5, 5.41) is 0. The molecule has 0 radical (unpaired) electrons. The van der Waals surface area contributed by atoms with Gasteiger partial charge in [0.15, 0.2) is 0 Å². The number of amides is 2. The molecule has 8 nitrogen and oxygen atoms in total. The summed E-state index contributed by atoms with van der Waals surface area (Å²) in [6, 6.07) is 6.25. The molecule has 160 valence electrons. The highest BCUT2D eigenvalue weighted by Gasteiger charge is 2.38. The van der Waals surface area contributed by atoms with Gasteiger partial charge in [-0.1, -0.05) is 12.1 Å². The van der Waals surface area contributed by atoms with Crippen LogP contribution in [0, 0.1) is 0 Å². The van der Waals surface area contributed by atoms with Crippen molar-refractivity contribution in [2.24, 2.45) is 0 Å². The van der Waals surface area contributed by atoms with E-state index >= 15 is 0 Å². The fourth-order valence-corrected chi connectivity index (χ4v) is 4.95. The van der Waals surface area contributed by atoms with Crippen LogP contribution < -0.4 is 0 Å². The van der Waals surface area contributed by atoms with Gasteiger partial charge in [0, 0.05) is 6.42 Å². The van der Waals surface area contributed by atoms with Gasteiger partial charge in [0.05, 0.1) is 37.1 Å². The zero-order chi connectivity index (χ0) is 21.7. The van der Waals surface area contributed by atoms with Gasteiger partial charge in [0.2, 0.25) is 0 Å². The van der Waals surface area contributed by atoms with Crippen LogP contribution in [-0.2, 0) is 23.1 Å². The Kier molecular flexibility index (Phi) is 7.68. The molecule has 1 heterocycles. The number of carbonyl (C=O) groups is 3. The number of halogens is 1. The van der Waals surface area contributed by atoms with E-state index in [9.17, 15) is 23.3 Å². The minimum Gasteiger partial charge on any atom is -0.464 e. The third-order valence-electron chi connectivity index (χ3n) is 4.23. The van der Waals surface area contributed by atoms with Gasteiger partial charge in [-0.05, 0) is 32.9 Å². The van der Waals surface area contributed by atoms with Crippen LogP contribution in [0.3, 0.4) is 0 Å². The number of hydrogen-bond acceptors (Lipinski definition) is 7. The molecule has 2 rings (SSSR count). The van der Waals surface area contributed by atoms with Crippen LogP contribution in [-0.4, -0.2) is 60.9 Å². The molecular weight excluding hydrogens is 404 g/mol. The molecule has 0 saturated carbocycles. The molecule has 1 unspecified atom stereocenters. The maximum absolute atomic E-state index is 14.7. The first-order valence-corrected chi connectivity index (χ1v) is 11.0. The Morgan fingerprint density at radius 2 is 1.62 bits per heavy atom. The van der Waals surface area contributed by atoms with E-state index in [0.29, 0.717) is 0 Å². The number of hydrogen-bond donors (Lipinski definition) is 0. The summed E-state index contributed by atoms with van der Waals surface area (Å²) >= 11 is 0. The summed E-state index contributed by atoms with van der Waals surface area (Å²) in [6.07, 6.45) is -0.720. The van der Waals surface area contributed by atoms with Crippen LogP contribution in [0.4, 0.5) is 4.39 Å². The number of benzene rings is 1. The highest BCUT2D eigenvalue weighted by molar-refractivity contribution is 7.53. The van der Waals surface area contributed by atoms with E-state index in [0.717, 1.165) is 4.90 Å². The van der Waals surface area contributed by atoms with E-state index < -0.39 is 43.8 Å². The van der Waals surface area contributed by atoms with Gasteiger partial charge in [-0.15, -0.1) is 0 Å². The zero-order valence-corrected chi connectivity index (χ0v) is 17.6. The molecule has 1 atom stereocenters. The molecule has 1 aromatic rings. The van der Waals surface area contributed by atoms with Crippen molar-refractivity contribution in [2.75, 3.05) is 32.5 Å². The summed E-state index contributed by atoms with van der Waals surface area (Å²) in [5.41, 5.74) is -1.51. The first-order valence-electron chi connectivity index (χ1n) is 9.30. The van der Waals surface area contributed by atoms with Crippen molar-refractivity contribution in [1.29, 1.82) is 0 Å².